The first-order chi connectivity index (χ1) is 15.8. The third-order valence-corrected chi connectivity index (χ3v) is 6.33. The highest BCUT2D eigenvalue weighted by Crippen LogP contribution is 2.40. The van der Waals surface area contributed by atoms with Crippen molar-refractivity contribution in [3.8, 4) is 28.1 Å². The van der Waals surface area contributed by atoms with Crippen molar-refractivity contribution in [2.75, 3.05) is 11.1 Å². The first-order valence-electron chi connectivity index (χ1n) is 11.5. The van der Waals surface area contributed by atoms with Crippen molar-refractivity contribution in [3.63, 3.8) is 0 Å². The molecule has 0 bridgehead atoms. The molecule has 0 saturated heterocycles. The lowest BCUT2D eigenvalue weighted by atomic mass is 9.97. The van der Waals surface area contributed by atoms with E-state index in [-0.39, 0.29) is 0 Å². The largest absolute Gasteiger partial charge is 0.486 e. The van der Waals surface area contributed by atoms with E-state index in [1.807, 2.05) is 6.07 Å². The maximum atomic E-state index is 6.29. The van der Waals surface area contributed by atoms with Crippen LogP contribution in [0.4, 0.5) is 11.4 Å². The molecule has 4 N–H and O–H groups in total. The van der Waals surface area contributed by atoms with Crippen molar-refractivity contribution in [1.29, 1.82) is 0 Å². The molecule has 0 spiro atoms. The average Bonchev–Trinajstić information content (AvgIpc) is 3.25. The average molecular weight is 439 g/mol. The van der Waals surface area contributed by atoms with E-state index in [1.54, 1.807) is 0 Å². The Bertz CT molecular complexity index is 1380. The van der Waals surface area contributed by atoms with Crippen LogP contribution in [0.1, 0.15) is 45.1 Å². The molecule has 0 amide bonds. The molecular formula is C28H30N4O. The van der Waals surface area contributed by atoms with Crippen molar-refractivity contribution in [2.45, 2.75) is 40.2 Å². The van der Waals surface area contributed by atoms with Gasteiger partial charge in [-0.2, -0.15) is 0 Å². The highest BCUT2D eigenvalue weighted by atomic mass is 16.5. The number of hydrogen-bond acceptors (Lipinski definition) is 4. The van der Waals surface area contributed by atoms with Crippen molar-refractivity contribution >= 4 is 22.1 Å². The van der Waals surface area contributed by atoms with E-state index >= 15 is 0 Å². The summed E-state index contributed by atoms with van der Waals surface area (Å²) in [6.45, 7) is 13.1. The van der Waals surface area contributed by atoms with E-state index in [0.717, 1.165) is 67.5 Å². The molecule has 1 aliphatic heterocycles. The molecule has 0 aliphatic carbocycles. The van der Waals surface area contributed by atoms with Crippen LogP contribution >= 0.6 is 0 Å². The second-order valence-corrected chi connectivity index (χ2v) is 9.37. The van der Waals surface area contributed by atoms with Crippen LogP contribution in [0.25, 0.3) is 33.2 Å². The summed E-state index contributed by atoms with van der Waals surface area (Å²) < 4.78 is 6.07. The number of benzene rings is 3. The van der Waals surface area contributed by atoms with E-state index in [0.29, 0.717) is 18.4 Å². The lowest BCUT2D eigenvalue weighted by Gasteiger charge is -2.19. The first kappa shape index (κ1) is 21.1. The third kappa shape index (κ3) is 3.74. The Balaban J connectivity index is 1.52. The summed E-state index contributed by atoms with van der Waals surface area (Å²) >= 11 is 0. The van der Waals surface area contributed by atoms with Crippen LogP contribution < -0.4 is 15.8 Å². The number of hydrogen-bond donors (Lipinski definition) is 3. The zero-order chi connectivity index (χ0) is 23.3. The van der Waals surface area contributed by atoms with E-state index in [1.165, 1.54) is 0 Å². The number of aromatic nitrogens is 2. The Kier molecular flexibility index (Phi) is 5.12. The Morgan fingerprint density at radius 3 is 2.58 bits per heavy atom. The van der Waals surface area contributed by atoms with Crippen molar-refractivity contribution in [2.24, 2.45) is 5.92 Å². The molecule has 1 aromatic heterocycles. The van der Waals surface area contributed by atoms with E-state index in [4.69, 9.17) is 15.5 Å². The Hall–Kier alpha value is -3.73. The number of imidazole rings is 1. The number of aromatic amines is 1. The van der Waals surface area contributed by atoms with Gasteiger partial charge in [0.05, 0.1) is 17.1 Å². The Morgan fingerprint density at radius 1 is 1.06 bits per heavy atom. The maximum Gasteiger partial charge on any atom is 0.132 e. The van der Waals surface area contributed by atoms with E-state index in [9.17, 15) is 0 Å². The molecule has 2 heterocycles. The predicted molar refractivity (Wildman–Crippen MR) is 137 cm³/mol. The molecule has 0 saturated carbocycles. The monoisotopic (exact) mass is 438 g/mol. The molecule has 5 rings (SSSR count). The minimum Gasteiger partial charge on any atom is -0.486 e. The first-order valence-corrected chi connectivity index (χ1v) is 11.5. The van der Waals surface area contributed by atoms with Gasteiger partial charge in [-0.1, -0.05) is 58.5 Å². The molecule has 33 heavy (non-hydrogen) atoms. The summed E-state index contributed by atoms with van der Waals surface area (Å²) in [5.74, 6) is 2.55. The molecule has 5 nitrogen and oxygen atoms in total. The normalized spacial score (nSPS) is 12.5. The Morgan fingerprint density at radius 2 is 1.82 bits per heavy atom. The van der Waals surface area contributed by atoms with Gasteiger partial charge in [-0.15, -0.1) is 0 Å². The van der Waals surface area contributed by atoms with Gasteiger partial charge >= 0.3 is 0 Å². The lowest BCUT2D eigenvalue weighted by molar-refractivity contribution is 0.298. The van der Waals surface area contributed by atoms with Crippen molar-refractivity contribution < 1.29 is 4.74 Å². The number of H-pyrrole nitrogens is 1. The molecule has 0 unspecified atom stereocenters. The summed E-state index contributed by atoms with van der Waals surface area (Å²) in [5, 5.41) is 5.63. The highest BCUT2D eigenvalue weighted by Gasteiger charge is 2.23. The van der Waals surface area contributed by atoms with Crippen molar-refractivity contribution in [1.82, 2.24) is 9.97 Å². The molecule has 0 atom stereocenters. The van der Waals surface area contributed by atoms with E-state index in [2.05, 4.69) is 87.0 Å². The summed E-state index contributed by atoms with van der Waals surface area (Å²) in [6.07, 6.45) is 0. The topological polar surface area (TPSA) is 76.0 Å². The van der Waals surface area contributed by atoms with Gasteiger partial charge in [0, 0.05) is 22.6 Å². The van der Waals surface area contributed by atoms with Gasteiger partial charge < -0.3 is 20.8 Å². The van der Waals surface area contributed by atoms with Crippen LogP contribution in [0.15, 0.2) is 60.8 Å². The minimum absolute atomic E-state index is 0.321. The predicted octanol–water partition coefficient (Wildman–Crippen LogP) is 7.08. The summed E-state index contributed by atoms with van der Waals surface area (Å²) in [4.78, 5) is 8.20. The number of fused-ring (bicyclic) bond motifs is 4. The molecule has 0 radical (unpaired) electrons. The number of nitrogens with two attached hydrogens (primary N) is 1. The number of ether oxygens (including phenoxy) is 1. The fourth-order valence-electron chi connectivity index (χ4n) is 4.17. The second kappa shape index (κ2) is 8.00. The van der Waals surface area contributed by atoms with Gasteiger partial charge in [0.25, 0.3) is 0 Å². The molecule has 168 valence electrons. The van der Waals surface area contributed by atoms with Crippen LogP contribution in [0.3, 0.4) is 0 Å². The quantitative estimate of drug-likeness (QED) is 0.291. The molecule has 1 aliphatic rings. The van der Waals surface area contributed by atoms with Crippen LogP contribution in [-0.4, -0.2) is 9.97 Å². The molecule has 3 aromatic carbocycles. The van der Waals surface area contributed by atoms with E-state index < -0.39 is 0 Å². The summed E-state index contributed by atoms with van der Waals surface area (Å²) in [5.41, 5.74) is 14.2. The third-order valence-electron chi connectivity index (χ3n) is 6.33. The smallest absolute Gasteiger partial charge is 0.132 e. The van der Waals surface area contributed by atoms with Gasteiger partial charge in [0.1, 0.15) is 23.9 Å². The van der Waals surface area contributed by atoms with Gasteiger partial charge in [0.2, 0.25) is 0 Å². The Labute approximate surface area is 194 Å². The molecule has 0 fully saturated rings. The van der Waals surface area contributed by atoms with Crippen LogP contribution in [-0.2, 0) is 6.61 Å². The minimum atomic E-state index is 0.321. The number of allylic oxidation sites excluding steroid dienone is 1. The van der Waals surface area contributed by atoms with Gasteiger partial charge in [-0.3, -0.25) is 0 Å². The van der Waals surface area contributed by atoms with Crippen molar-refractivity contribution in [3.05, 3.63) is 72.3 Å². The van der Waals surface area contributed by atoms with Gasteiger partial charge in [0.15, 0.2) is 0 Å². The number of anilines is 2. The molecule has 4 aromatic rings. The SMILES string of the molecule is C=C(Nc1c(N)ccc2cc(-c3ccc4c(c3)OCc3nc(C(C)C)[nH]c3-4)ccc12)C(C)C. The lowest BCUT2D eigenvalue weighted by Crippen LogP contribution is -2.07. The fraction of sp³-hybridized carbons (Fsp3) is 0.250. The zero-order valence-corrected chi connectivity index (χ0v) is 19.6. The number of rotatable bonds is 5. The van der Waals surface area contributed by atoms with Crippen LogP contribution in [0, 0.1) is 5.92 Å². The number of nitrogen functional groups attached to an aromatic ring is 1. The van der Waals surface area contributed by atoms with Gasteiger partial charge in [-0.05, 0) is 46.7 Å². The summed E-state index contributed by atoms with van der Waals surface area (Å²) in [7, 11) is 0. The number of nitrogens with zero attached hydrogens (tertiary/aromatic N) is 1. The number of nitrogens with one attached hydrogen (secondary N) is 2. The van der Waals surface area contributed by atoms with Gasteiger partial charge in [-0.25, -0.2) is 4.98 Å². The van der Waals surface area contributed by atoms with Crippen LogP contribution in [0.5, 0.6) is 5.75 Å². The second-order valence-electron chi connectivity index (χ2n) is 9.37. The standard InChI is InChI=1S/C28H30N4O/c1-15(2)17(5)30-26-21-9-6-18(12-20(21)8-11-23(26)29)19-7-10-22-25(13-19)33-14-24-27(22)32-28(31-24)16(3)4/h6-13,15-16,30H,5,14,29H2,1-4H3,(H,31,32). The molecule has 5 heteroatoms. The maximum absolute atomic E-state index is 6.29. The fourth-order valence-corrected chi connectivity index (χ4v) is 4.17. The highest BCUT2D eigenvalue weighted by molar-refractivity contribution is 6.02. The zero-order valence-electron chi connectivity index (χ0n) is 19.6. The summed E-state index contributed by atoms with van der Waals surface area (Å²) in [6, 6.07) is 16.9. The van der Waals surface area contributed by atoms with Crippen LogP contribution in [0.2, 0.25) is 0 Å². The molecular weight excluding hydrogens is 408 g/mol.